The lowest BCUT2D eigenvalue weighted by molar-refractivity contribution is 0.0930. The van der Waals surface area contributed by atoms with Gasteiger partial charge in [-0.3, -0.25) is 14.3 Å². The molecule has 0 saturated carbocycles. The highest BCUT2D eigenvalue weighted by molar-refractivity contribution is 7.08. The summed E-state index contributed by atoms with van der Waals surface area (Å²) in [6.45, 7) is 5.28. The second-order valence-electron chi connectivity index (χ2n) is 6.44. The zero-order valence-corrected chi connectivity index (χ0v) is 14.7. The van der Waals surface area contributed by atoms with Crippen molar-refractivity contribution in [3.8, 4) is 0 Å². The number of fused-ring (bicyclic) bond motifs is 1. The van der Waals surface area contributed by atoms with E-state index in [4.69, 9.17) is 0 Å². The monoisotopic (exact) mass is 346 g/mol. The van der Waals surface area contributed by atoms with E-state index in [-0.39, 0.29) is 17.9 Å². The van der Waals surface area contributed by atoms with E-state index in [0.29, 0.717) is 23.6 Å². The number of nitrogens with one attached hydrogen (secondary N) is 2. The van der Waals surface area contributed by atoms with Crippen LogP contribution in [0.3, 0.4) is 0 Å². The van der Waals surface area contributed by atoms with Gasteiger partial charge in [-0.1, -0.05) is 0 Å². The predicted octanol–water partition coefficient (Wildman–Crippen LogP) is 2.08. The van der Waals surface area contributed by atoms with Gasteiger partial charge in [0.2, 0.25) is 0 Å². The van der Waals surface area contributed by atoms with Gasteiger partial charge in [0, 0.05) is 30.1 Å². The van der Waals surface area contributed by atoms with Crippen molar-refractivity contribution in [1.82, 2.24) is 20.4 Å². The van der Waals surface area contributed by atoms with Gasteiger partial charge in [-0.2, -0.15) is 16.4 Å². The second kappa shape index (κ2) is 7.17. The molecule has 0 aromatic carbocycles. The van der Waals surface area contributed by atoms with Gasteiger partial charge in [0.05, 0.1) is 17.5 Å². The number of carbonyl (C=O) groups is 2. The van der Waals surface area contributed by atoms with E-state index < -0.39 is 0 Å². The summed E-state index contributed by atoms with van der Waals surface area (Å²) >= 11 is 1.51. The maximum atomic E-state index is 12.3. The molecule has 128 valence electrons. The van der Waals surface area contributed by atoms with Gasteiger partial charge >= 0.3 is 0 Å². The molecule has 24 heavy (non-hydrogen) atoms. The Morgan fingerprint density at radius 3 is 2.96 bits per heavy atom. The van der Waals surface area contributed by atoms with Crippen molar-refractivity contribution in [2.24, 2.45) is 5.92 Å². The van der Waals surface area contributed by atoms with E-state index in [1.807, 2.05) is 35.4 Å². The summed E-state index contributed by atoms with van der Waals surface area (Å²) in [5.41, 5.74) is 2.32. The van der Waals surface area contributed by atoms with Crippen molar-refractivity contribution in [3.05, 3.63) is 39.8 Å². The fourth-order valence-corrected chi connectivity index (χ4v) is 3.57. The number of amides is 2. The fourth-order valence-electron chi connectivity index (χ4n) is 2.94. The molecule has 0 bridgehead atoms. The standard InChI is InChI=1S/C17H22N4O2S/c1-11(2)20-17(23)14-9-19-21-5-3-12(7-15(14)21)8-18-16(22)13-4-6-24-10-13/h4,6,9-12H,3,5,7-8H2,1-2H3,(H,18,22)(H,20,23)/t12-/m1/s1. The number of carbonyl (C=O) groups excluding carboxylic acids is 2. The summed E-state index contributed by atoms with van der Waals surface area (Å²) in [5, 5.41) is 14.0. The molecule has 3 heterocycles. The van der Waals surface area contributed by atoms with Crippen LogP contribution < -0.4 is 10.6 Å². The van der Waals surface area contributed by atoms with Crippen LogP contribution in [0.25, 0.3) is 0 Å². The molecule has 0 aliphatic carbocycles. The van der Waals surface area contributed by atoms with Gasteiger partial charge in [0.1, 0.15) is 0 Å². The van der Waals surface area contributed by atoms with E-state index in [1.165, 1.54) is 11.3 Å². The van der Waals surface area contributed by atoms with Crippen LogP contribution in [0.4, 0.5) is 0 Å². The van der Waals surface area contributed by atoms with Crippen LogP contribution in [0, 0.1) is 5.92 Å². The van der Waals surface area contributed by atoms with Crippen LogP contribution in [0.2, 0.25) is 0 Å². The lowest BCUT2D eigenvalue weighted by Gasteiger charge is -2.24. The SMILES string of the molecule is CC(C)NC(=O)c1cnn2c1C[C@H](CNC(=O)c1ccsc1)CC2. The highest BCUT2D eigenvalue weighted by atomic mass is 32.1. The minimum Gasteiger partial charge on any atom is -0.352 e. The summed E-state index contributed by atoms with van der Waals surface area (Å²) in [6.07, 6.45) is 3.36. The maximum absolute atomic E-state index is 12.3. The molecule has 2 N–H and O–H groups in total. The van der Waals surface area contributed by atoms with Crippen LogP contribution in [-0.4, -0.2) is 34.2 Å². The summed E-state index contributed by atoms with van der Waals surface area (Å²) < 4.78 is 1.91. The first-order chi connectivity index (χ1) is 11.5. The molecule has 3 rings (SSSR count). The van der Waals surface area contributed by atoms with Gasteiger partial charge < -0.3 is 10.6 Å². The largest absolute Gasteiger partial charge is 0.352 e. The summed E-state index contributed by atoms with van der Waals surface area (Å²) in [6, 6.07) is 1.92. The van der Waals surface area contributed by atoms with Crippen molar-refractivity contribution in [1.29, 1.82) is 0 Å². The Morgan fingerprint density at radius 1 is 1.42 bits per heavy atom. The molecule has 2 aromatic rings. The topological polar surface area (TPSA) is 76.0 Å². The molecule has 7 heteroatoms. The van der Waals surface area contributed by atoms with Crippen LogP contribution in [0.15, 0.2) is 23.0 Å². The molecule has 1 aliphatic rings. The Balaban J connectivity index is 1.62. The highest BCUT2D eigenvalue weighted by Crippen LogP contribution is 2.23. The third-order valence-corrected chi connectivity index (χ3v) is 4.86. The lowest BCUT2D eigenvalue weighted by Crippen LogP contribution is -2.35. The third kappa shape index (κ3) is 3.67. The first-order valence-corrected chi connectivity index (χ1v) is 9.15. The molecule has 0 fully saturated rings. The van der Waals surface area contributed by atoms with Crippen molar-refractivity contribution >= 4 is 23.2 Å². The molecular formula is C17H22N4O2S. The summed E-state index contributed by atoms with van der Waals surface area (Å²) in [7, 11) is 0. The minimum absolute atomic E-state index is 0.0342. The Hall–Kier alpha value is -2.15. The third-order valence-electron chi connectivity index (χ3n) is 4.18. The van der Waals surface area contributed by atoms with E-state index in [9.17, 15) is 9.59 Å². The number of nitrogens with zero attached hydrogens (tertiary/aromatic N) is 2. The van der Waals surface area contributed by atoms with Crippen molar-refractivity contribution < 1.29 is 9.59 Å². The molecule has 2 aromatic heterocycles. The van der Waals surface area contributed by atoms with Crippen LogP contribution in [0.1, 0.15) is 46.7 Å². The lowest BCUT2D eigenvalue weighted by atomic mass is 9.94. The smallest absolute Gasteiger partial charge is 0.254 e. The van der Waals surface area contributed by atoms with Crippen molar-refractivity contribution in [2.75, 3.05) is 6.54 Å². The number of hydrogen-bond acceptors (Lipinski definition) is 4. The Kier molecular flexibility index (Phi) is 4.99. The average molecular weight is 346 g/mol. The van der Waals surface area contributed by atoms with Crippen molar-refractivity contribution in [3.63, 3.8) is 0 Å². The van der Waals surface area contributed by atoms with Gasteiger partial charge in [-0.05, 0) is 44.1 Å². The molecule has 1 atom stereocenters. The number of aromatic nitrogens is 2. The molecule has 0 radical (unpaired) electrons. The second-order valence-corrected chi connectivity index (χ2v) is 7.22. The minimum atomic E-state index is -0.0748. The molecule has 6 nitrogen and oxygen atoms in total. The Labute approximate surface area is 145 Å². The van der Waals surface area contributed by atoms with Gasteiger partial charge in [0.25, 0.3) is 11.8 Å². The molecule has 0 unspecified atom stereocenters. The Bertz CT molecular complexity index is 721. The fraction of sp³-hybridized carbons (Fsp3) is 0.471. The summed E-state index contributed by atoms with van der Waals surface area (Å²) in [4.78, 5) is 24.3. The normalized spacial score (nSPS) is 16.7. The van der Waals surface area contributed by atoms with E-state index >= 15 is 0 Å². The first-order valence-electron chi connectivity index (χ1n) is 8.20. The predicted molar refractivity (Wildman–Crippen MR) is 93.3 cm³/mol. The molecular weight excluding hydrogens is 324 g/mol. The van der Waals surface area contributed by atoms with E-state index in [2.05, 4.69) is 15.7 Å². The Morgan fingerprint density at radius 2 is 2.25 bits per heavy atom. The van der Waals surface area contributed by atoms with Crippen LogP contribution in [-0.2, 0) is 13.0 Å². The van der Waals surface area contributed by atoms with Crippen LogP contribution in [0.5, 0.6) is 0 Å². The number of thiophene rings is 1. The quantitative estimate of drug-likeness (QED) is 0.870. The van der Waals surface area contributed by atoms with Gasteiger partial charge in [-0.15, -0.1) is 0 Å². The van der Waals surface area contributed by atoms with E-state index in [1.54, 1.807) is 6.20 Å². The number of rotatable bonds is 5. The molecule has 2 amide bonds. The van der Waals surface area contributed by atoms with Gasteiger partial charge in [0.15, 0.2) is 0 Å². The first kappa shape index (κ1) is 16.7. The van der Waals surface area contributed by atoms with Crippen molar-refractivity contribution in [2.45, 2.75) is 39.3 Å². The highest BCUT2D eigenvalue weighted by Gasteiger charge is 2.25. The number of aryl methyl sites for hydroxylation is 1. The van der Waals surface area contributed by atoms with E-state index in [0.717, 1.165) is 25.1 Å². The van der Waals surface area contributed by atoms with Gasteiger partial charge in [-0.25, -0.2) is 0 Å². The number of hydrogen-bond donors (Lipinski definition) is 2. The average Bonchev–Trinajstić information content (AvgIpc) is 3.21. The molecule has 0 saturated heterocycles. The summed E-state index contributed by atoms with van der Waals surface area (Å²) in [5.74, 6) is 0.213. The zero-order chi connectivity index (χ0) is 17.1. The maximum Gasteiger partial charge on any atom is 0.254 e. The zero-order valence-electron chi connectivity index (χ0n) is 13.9. The molecule has 1 aliphatic heterocycles. The van der Waals surface area contributed by atoms with Crippen LogP contribution >= 0.6 is 11.3 Å². The molecule has 0 spiro atoms.